The molecule has 1 aromatic heterocycles. The summed E-state index contributed by atoms with van der Waals surface area (Å²) in [5, 5.41) is 12.6. The number of aromatic nitrogens is 1. The van der Waals surface area contributed by atoms with Gasteiger partial charge in [0, 0.05) is 31.4 Å². The molecule has 2 atom stereocenters. The number of nitrogens with one attached hydrogen (secondary N) is 1. The molecule has 2 N–H and O–H groups in total. The Labute approximate surface area is 169 Å². The predicted octanol–water partition coefficient (Wildman–Crippen LogP) is 3.06. The van der Waals surface area contributed by atoms with Crippen LogP contribution in [0.5, 0.6) is 5.75 Å². The van der Waals surface area contributed by atoms with E-state index >= 15 is 0 Å². The van der Waals surface area contributed by atoms with Crippen molar-refractivity contribution < 1.29 is 19.4 Å². The molecule has 2 amide bonds. The number of fused-ring (bicyclic) bond motifs is 1. The lowest BCUT2D eigenvalue weighted by atomic mass is 9.81. The maximum atomic E-state index is 12.7. The molecule has 1 saturated carbocycles. The summed E-state index contributed by atoms with van der Waals surface area (Å²) in [6.45, 7) is 1.51. The van der Waals surface area contributed by atoms with Crippen LogP contribution in [0.4, 0.5) is 4.79 Å². The van der Waals surface area contributed by atoms with Gasteiger partial charge in [-0.15, -0.1) is 0 Å². The van der Waals surface area contributed by atoms with Crippen LogP contribution >= 0.6 is 0 Å². The molecule has 152 valence electrons. The Hall–Kier alpha value is -3.09. The number of hydrogen-bond acceptors (Lipinski definition) is 4. The number of nitrogens with zero attached hydrogens (tertiary/aromatic N) is 2. The molecule has 0 unspecified atom stereocenters. The van der Waals surface area contributed by atoms with Crippen molar-refractivity contribution in [3.05, 3.63) is 59.9 Å². The van der Waals surface area contributed by atoms with Crippen LogP contribution in [0.1, 0.15) is 30.4 Å². The van der Waals surface area contributed by atoms with Gasteiger partial charge in [0.15, 0.2) is 0 Å². The normalized spacial score (nSPS) is 22.9. The van der Waals surface area contributed by atoms with Gasteiger partial charge in [0.1, 0.15) is 12.4 Å². The number of urea groups is 1. The maximum absolute atomic E-state index is 12.7. The summed E-state index contributed by atoms with van der Waals surface area (Å²) in [6.07, 6.45) is 5.75. The summed E-state index contributed by atoms with van der Waals surface area (Å²) < 4.78 is 5.88. The van der Waals surface area contributed by atoms with Crippen molar-refractivity contribution in [2.24, 2.45) is 11.3 Å². The number of rotatable bonds is 6. The Kier molecular flexibility index (Phi) is 5.38. The molecule has 7 heteroatoms. The fourth-order valence-electron chi connectivity index (χ4n) is 4.50. The molecule has 29 heavy (non-hydrogen) atoms. The molecule has 0 spiro atoms. The van der Waals surface area contributed by atoms with E-state index in [9.17, 15) is 14.7 Å². The van der Waals surface area contributed by atoms with Crippen molar-refractivity contribution in [3.63, 3.8) is 0 Å². The third-order valence-corrected chi connectivity index (χ3v) is 6.12. The van der Waals surface area contributed by atoms with E-state index in [2.05, 4.69) is 10.3 Å². The van der Waals surface area contributed by atoms with Crippen LogP contribution in [0.3, 0.4) is 0 Å². The molecule has 1 aliphatic carbocycles. The van der Waals surface area contributed by atoms with Crippen molar-refractivity contribution >= 4 is 12.0 Å². The minimum atomic E-state index is -0.777. The van der Waals surface area contributed by atoms with Crippen molar-refractivity contribution in [2.45, 2.75) is 32.4 Å². The topological polar surface area (TPSA) is 91.8 Å². The van der Waals surface area contributed by atoms with Crippen LogP contribution < -0.4 is 10.1 Å². The zero-order valence-electron chi connectivity index (χ0n) is 16.2. The first-order valence-electron chi connectivity index (χ1n) is 9.94. The highest BCUT2D eigenvalue weighted by Gasteiger charge is 2.55. The van der Waals surface area contributed by atoms with E-state index in [-0.39, 0.29) is 18.5 Å². The molecule has 2 heterocycles. The second-order valence-electron chi connectivity index (χ2n) is 7.85. The molecule has 1 aromatic carbocycles. The summed E-state index contributed by atoms with van der Waals surface area (Å²) in [4.78, 5) is 30.2. The molecule has 1 saturated heterocycles. The van der Waals surface area contributed by atoms with Gasteiger partial charge in [-0.3, -0.25) is 9.78 Å². The van der Waals surface area contributed by atoms with Crippen LogP contribution in [0.25, 0.3) is 0 Å². The minimum Gasteiger partial charge on any atom is -0.487 e. The highest BCUT2D eigenvalue weighted by Crippen LogP contribution is 2.48. The molecular weight excluding hydrogens is 370 g/mol. The minimum absolute atomic E-state index is 0.0523. The van der Waals surface area contributed by atoms with Crippen LogP contribution in [-0.4, -0.2) is 40.1 Å². The first-order valence-corrected chi connectivity index (χ1v) is 9.94. The number of likely N-dealkylation sites (tertiary alicyclic amines) is 1. The fraction of sp³-hybridized carbons (Fsp3) is 0.409. The van der Waals surface area contributed by atoms with Crippen molar-refractivity contribution in [1.82, 2.24) is 15.2 Å². The number of amides is 2. The number of aliphatic carboxylic acids is 1. The Bertz CT molecular complexity index is 889. The van der Waals surface area contributed by atoms with Gasteiger partial charge in [0.2, 0.25) is 0 Å². The molecule has 4 rings (SSSR count). The molecule has 1 aliphatic heterocycles. The van der Waals surface area contributed by atoms with E-state index in [1.807, 2.05) is 36.4 Å². The predicted molar refractivity (Wildman–Crippen MR) is 106 cm³/mol. The third kappa shape index (κ3) is 3.90. The summed E-state index contributed by atoms with van der Waals surface area (Å²) in [5.41, 5.74) is 1.11. The standard InChI is InChI=1S/C22H25N3O4/c26-20(27)22-9-4-7-18(22)13-25(15-22)21(28)24-11-17-8-10-23-12-19(17)29-14-16-5-2-1-3-6-16/h1-3,5-6,8,10,12,18H,4,7,9,11,13-15H2,(H,24,28)(H,26,27)/t18-,22+/m0/s1. The lowest BCUT2D eigenvalue weighted by Gasteiger charge is -2.23. The molecule has 0 radical (unpaired) electrons. The van der Waals surface area contributed by atoms with Gasteiger partial charge in [-0.25, -0.2) is 4.79 Å². The van der Waals surface area contributed by atoms with E-state index in [0.29, 0.717) is 31.9 Å². The molecule has 2 aromatic rings. The number of ether oxygens (including phenoxy) is 1. The lowest BCUT2D eigenvalue weighted by molar-refractivity contribution is -0.149. The molecule has 0 bridgehead atoms. The Balaban J connectivity index is 1.36. The summed E-state index contributed by atoms with van der Waals surface area (Å²) >= 11 is 0. The summed E-state index contributed by atoms with van der Waals surface area (Å²) in [7, 11) is 0. The molecule has 2 aliphatic rings. The zero-order chi connectivity index (χ0) is 20.3. The SMILES string of the molecule is O=C(NCc1ccncc1OCc1ccccc1)N1C[C@@H]2CCC[C@@]2(C(=O)O)C1. The van der Waals surface area contributed by atoms with Crippen molar-refractivity contribution in [2.75, 3.05) is 13.1 Å². The molecule has 7 nitrogen and oxygen atoms in total. The molecule has 2 fully saturated rings. The number of carboxylic acids is 1. The van der Waals surface area contributed by atoms with Crippen molar-refractivity contribution in [1.29, 1.82) is 0 Å². The summed E-state index contributed by atoms with van der Waals surface area (Å²) in [6, 6.07) is 11.4. The Morgan fingerprint density at radius 2 is 2.10 bits per heavy atom. The Morgan fingerprint density at radius 3 is 2.86 bits per heavy atom. The van der Waals surface area contributed by atoms with Crippen LogP contribution in [-0.2, 0) is 17.9 Å². The van der Waals surface area contributed by atoms with Gasteiger partial charge >= 0.3 is 12.0 Å². The number of benzene rings is 1. The van der Waals surface area contributed by atoms with Crippen molar-refractivity contribution in [3.8, 4) is 5.75 Å². The first kappa shape index (κ1) is 19.2. The fourth-order valence-corrected chi connectivity index (χ4v) is 4.50. The third-order valence-electron chi connectivity index (χ3n) is 6.12. The number of hydrogen-bond donors (Lipinski definition) is 2. The lowest BCUT2D eigenvalue weighted by Crippen LogP contribution is -2.41. The van der Waals surface area contributed by atoms with Gasteiger partial charge < -0.3 is 20.1 Å². The van der Waals surface area contributed by atoms with E-state index in [0.717, 1.165) is 24.0 Å². The zero-order valence-corrected chi connectivity index (χ0v) is 16.2. The van der Waals surface area contributed by atoms with E-state index in [1.54, 1.807) is 17.3 Å². The molecular formula is C22H25N3O4. The second-order valence-corrected chi connectivity index (χ2v) is 7.85. The quantitative estimate of drug-likeness (QED) is 0.784. The number of carbonyl (C=O) groups is 2. The van der Waals surface area contributed by atoms with Gasteiger partial charge in [-0.05, 0) is 30.4 Å². The van der Waals surface area contributed by atoms with Gasteiger partial charge in [0.25, 0.3) is 0 Å². The van der Waals surface area contributed by atoms with Gasteiger partial charge in [0.05, 0.1) is 11.6 Å². The second kappa shape index (κ2) is 8.11. The number of carboxylic acid groups (broad SMARTS) is 1. The maximum Gasteiger partial charge on any atom is 0.317 e. The highest BCUT2D eigenvalue weighted by atomic mass is 16.5. The average Bonchev–Trinajstić information content (AvgIpc) is 3.31. The van der Waals surface area contributed by atoms with Gasteiger partial charge in [-0.2, -0.15) is 0 Å². The highest BCUT2D eigenvalue weighted by molar-refractivity contribution is 5.80. The van der Waals surface area contributed by atoms with Crippen LogP contribution in [0, 0.1) is 11.3 Å². The average molecular weight is 395 g/mol. The van der Waals surface area contributed by atoms with Gasteiger partial charge in [-0.1, -0.05) is 36.8 Å². The van der Waals surface area contributed by atoms with Crippen LogP contribution in [0.2, 0.25) is 0 Å². The summed E-state index contributed by atoms with van der Waals surface area (Å²) in [5.74, 6) is -0.102. The number of pyridine rings is 1. The smallest absolute Gasteiger partial charge is 0.317 e. The van der Waals surface area contributed by atoms with E-state index < -0.39 is 11.4 Å². The first-order chi connectivity index (χ1) is 14.1. The Morgan fingerprint density at radius 1 is 1.28 bits per heavy atom. The van der Waals surface area contributed by atoms with Crippen LogP contribution in [0.15, 0.2) is 48.8 Å². The largest absolute Gasteiger partial charge is 0.487 e. The van der Waals surface area contributed by atoms with E-state index in [4.69, 9.17) is 4.74 Å². The van der Waals surface area contributed by atoms with E-state index in [1.165, 1.54) is 0 Å². The number of carbonyl (C=O) groups excluding carboxylic acids is 1. The monoisotopic (exact) mass is 395 g/mol.